The van der Waals surface area contributed by atoms with Crippen molar-refractivity contribution in [3.05, 3.63) is 205 Å². The van der Waals surface area contributed by atoms with Gasteiger partial charge >= 0.3 is 17.5 Å². The van der Waals surface area contributed by atoms with E-state index in [2.05, 4.69) is 79.4 Å². The molecule has 1 amide bonds. The average molecular weight is 1260 g/mol. The number of aromatic nitrogens is 8. The number of amides is 1. The molecule has 0 aliphatic heterocycles. The van der Waals surface area contributed by atoms with Crippen molar-refractivity contribution >= 4 is 102 Å². The Morgan fingerprint density at radius 3 is 1.63 bits per heavy atom. The monoisotopic (exact) mass is 1250 g/mol. The topological polar surface area (TPSA) is 333 Å². The van der Waals surface area contributed by atoms with Crippen LogP contribution in [0.5, 0.6) is 0 Å². The number of anilines is 4. The number of hydrogen-bond acceptors (Lipinski definition) is 17. The van der Waals surface area contributed by atoms with Crippen LogP contribution in [0, 0.1) is 13.1 Å². The highest BCUT2D eigenvalue weighted by atomic mass is 35.5. The summed E-state index contributed by atoms with van der Waals surface area (Å²) in [5, 5.41) is 20.0. The Morgan fingerprint density at radius 2 is 1.09 bits per heavy atom. The van der Waals surface area contributed by atoms with Gasteiger partial charge in [-0.05, 0) is 112 Å². The predicted octanol–water partition coefficient (Wildman–Crippen LogP) is 11.1. The van der Waals surface area contributed by atoms with Gasteiger partial charge in [0.05, 0.1) is 64.2 Å². The quantitative estimate of drug-likeness (QED) is 0.0559. The van der Waals surface area contributed by atoms with Crippen molar-refractivity contribution < 1.29 is 31.5 Å². The normalized spacial score (nSPS) is 15.8. The third kappa shape index (κ3) is 16.2. The number of carbonyl (C=O) groups excluding carboxylic acids is 1. The molecule has 2 fully saturated rings. The third-order valence-electron chi connectivity index (χ3n) is 14.4. The van der Waals surface area contributed by atoms with Crippen LogP contribution in [-0.2, 0) is 21.6 Å². The molecule has 2 aliphatic carbocycles. The van der Waals surface area contributed by atoms with Gasteiger partial charge in [-0.1, -0.05) is 80.2 Å². The number of para-hydroxylation sites is 3. The van der Waals surface area contributed by atoms with Crippen LogP contribution in [0.2, 0.25) is 0 Å². The Morgan fingerprint density at radius 1 is 0.607 bits per heavy atom. The molecule has 0 radical (unpaired) electrons. The largest absolute Gasteiger partial charge is 0.477 e. The Kier molecular flexibility index (Phi) is 22.8. The number of fused-ring (bicyclic) bond motifs is 2. The lowest BCUT2D eigenvalue weighted by Gasteiger charge is -2.30. The maximum absolute atomic E-state index is 13.5. The van der Waals surface area contributed by atoms with Gasteiger partial charge in [-0.2, -0.15) is 8.42 Å². The standard InChI is InChI=1S/C31H28N8O.C25H24N6O2S.C6H6N2O2.CH4.ClH.O2S/c1-33-27-18-35-31(37-22-9-7-8-21(16-22)36-30(40)26-15-14-20(32)17-34-26)38-29(27)25-19-39(23-10-3-2-4-11-23)28-13-6-5-12-24(25)28;1-27-22-15-28-25(29-18-9-7-8-17(26)14-18)30-24(22)21-16-31(23-13-6-5-12-20(21)23)34(32,33)19-10-3-2-4-11-19;7-4-1-2-5(6(9)10)8-3-4;;;1-3-2/h2-6,10-15,17-19,21-22H,7-9,16,32H2,(H,36,40)(H,35,37,38);2-6,10-13,15-18H,7-9,14,26H2,(H,28,29,30);1-3H,7H2,(H,9,10);1H4;1H;/t21-,22+;17-,18+;;;;/m00..../s1. The number of carbonyl (C=O) groups is 2. The summed E-state index contributed by atoms with van der Waals surface area (Å²) in [6.45, 7) is 15.4. The van der Waals surface area contributed by atoms with Crippen LogP contribution in [-0.4, -0.2) is 96.4 Å². The first kappa shape index (κ1) is 66.1. The number of rotatable bonds is 12. The highest BCUT2D eigenvalue weighted by Gasteiger charge is 2.28. The first-order chi connectivity index (χ1) is 42.2. The van der Waals surface area contributed by atoms with Gasteiger partial charge in [0.15, 0.2) is 0 Å². The van der Waals surface area contributed by atoms with Crippen molar-refractivity contribution in [2.24, 2.45) is 5.73 Å². The second-order valence-electron chi connectivity index (χ2n) is 20.3. The summed E-state index contributed by atoms with van der Waals surface area (Å²) in [7, 11) is -3.85. The zero-order valence-electron chi connectivity index (χ0n) is 47.0. The summed E-state index contributed by atoms with van der Waals surface area (Å²) in [6, 6.07) is 40.3. The highest BCUT2D eigenvalue weighted by Crippen LogP contribution is 2.39. The SMILES string of the molecule is C.Cl.Nc1ccc(C(=O)O)nc1.O=S=O.[C-]#[N+]c1cnc(N[C@@H]2CCC[C@H](N)C2)nc1-c1cn(S(=O)(=O)c2ccccc2)c2ccccc12.[C-]#[N+]c1cnc(N[C@@H]2CCC[C@H](NC(=O)c3ccc(N)cn3)C2)nc1-c1cn(-c2ccccc2)c2ccccc12. The van der Waals surface area contributed by atoms with Gasteiger partial charge in [0.1, 0.15) is 11.4 Å². The van der Waals surface area contributed by atoms with E-state index in [1.165, 1.54) is 34.7 Å². The van der Waals surface area contributed by atoms with E-state index in [1.807, 2.05) is 48.7 Å². The molecule has 23 nitrogen and oxygen atoms in total. The Hall–Kier alpha value is -10.4. The molecule has 4 atom stereocenters. The van der Waals surface area contributed by atoms with E-state index in [-0.39, 0.29) is 66.2 Å². The van der Waals surface area contributed by atoms with Crippen LogP contribution in [0.1, 0.15) is 79.8 Å². The first-order valence-corrected chi connectivity index (χ1v) is 29.5. The summed E-state index contributed by atoms with van der Waals surface area (Å²) >= 11 is -0.750. The van der Waals surface area contributed by atoms with Crippen LogP contribution in [0.25, 0.3) is 59.7 Å². The molecule has 0 bridgehead atoms. The molecule has 6 heterocycles. The van der Waals surface area contributed by atoms with Crippen LogP contribution >= 0.6 is 12.4 Å². The fourth-order valence-electron chi connectivity index (χ4n) is 10.4. The number of hydrogen-bond donors (Lipinski definition) is 7. The van der Waals surface area contributed by atoms with Crippen molar-refractivity contribution in [1.29, 1.82) is 0 Å². The number of aromatic carboxylic acids is 1. The van der Waals surface area contributed by atoms with Crippen LogP contribution in [0.4, 0.5) is 34.6 Å². The molecule has 4 aromatic carbocycles. The molecule has 6 aromatic heterocycles. The first-order valence-electron chi connectivity index (χ1n) is 27.4. The summed E-state index contributed by atoms with van der Waals surface area (Å²) < 4.78 is 46.9. The molecule has 10 aromatic rings. The molecular weight excluding hydrogens is 1190 g/mol. The summed E-state index contributed by atoms with van der Waals surface area (Å²) in [5.41, 5.74) is 24.1. The molecule has 2 saturated carbocycles. The lowest BCUT2D eigenvalue weighted by Crippen LogP contribution is -2.42. The molecule has 2 aliphatic rings. The number of carboxylic acids is 1. The van der Waals surface area contributed by atoms with Crippen LogP contribution < -0.4 is 33.2 Å². The molecule has 89 heavy (non-hydrogen) atoms. The summed E-state index contributed by atoms with van der Waals surface area (Å²) in [4.78, 5) is 56.4. The van der Waals surface area contributed by atoms with Crippen molar-refractivity contribution in [1.82, 2.24) is 43.8 Å². The van der Waals surface area contributed by atoms with Gasteiger partial charge in [0, 0.05) is 76.5 Å². The van der Waals surface area contributed by atoms with Crippen molar-refractivity contribution in [3.8, 4) is 28.2 Å². The van der Waals surface area contributed by atoms with Crippen LogP contribution in [0.15, 0.2) is 176 Å². The number of nitrogens with two attached hydrogens (primary N) is 3. The zero-order chi connectivity index (χ0) is 61.5. The van der Waals surface area contributed by atoms with Crippen LogP contribution in [0.3, 0.4) is 0 Å². The Bertz CT molecular complexity index is 4310. The van der Waals surface area contributed by atoms with E-state index >= 15 is 0 Å². The number of pyridine rings is 2. The highest BCUT2D eigenvalue weighted by molar-refractivity contribution is 7.90. The molecule has 456 valence electrons. The predicted molar refractivity (Wildman–Crippen MR) is 347 cm³/mol. The zero-order valence-corrected chi connectivity index (χ0v) is 49.4. The fourth-order valence-corrected chi connectivity index (χ4v) is 11.8. The van der Waals surface area contributed by atoms with E-state index in [0.717, 1.165) is 73.5 Å². The van der Waals surface area contributed by atoms with Crippen molar-refractivity contribution in [3.63, 3.8) is 0 Å². The Labute approximate surface area is 523 Å². The molecular formula is C63H63ClN16O7S2. The Balaban J connectivity index is 0.000000209. The van der Waals surface area contributed by atoms with E-state index in [1.54, 1.807) is 67.0 Å². The minimum absolute atomic E-state index is 0. The number of halogens is 1. The van der Waals surface area contributed by atoms with E-state index < -0.39 is 27.6 Å². The van der Waals surface area contributed by atoms with E-state index in [4.69, 9.17) is 48.9 Å². The maximum atomic E-state index is 13.5. The molecule has 0 spiro atoms. The van der Waals surface area contributed by atoms with Crippen molar-refractivity contribution in [2.45, 2.75) is 87.9 Å². The van der Waals surface area contributed by atoms with Crippen molar-refractivity contribution in [2.75, 3.05) is 22.1 Å². The molecule has 26 heteroatoms. The number of carboxylic acid groups (broad SMARTS) is 1. The molecule has 10 N–H and O–H groups in total. The smallest absolute Gasteiger partial charge is 0.354 e. The van der Waals surface area contributed by atoms with Gasteiger partial charge in [-0.15, -0.1) is 12.4 Å². The number of nitrogen functional groups attached to an aromatic ring is 2. The maximum Gasteiger partial charge on any atom is 0.354 e. The minimum atomic E-state index is -3.85. The molecule has 0 saturated heterocycles. The van der Waals surface area contributed by atoms with E-state index in [0.29, 0.717) is 62.5 Å². The van der Waals surface area contributed by atoms with Gasteiger partial charge in [0.2, 0.25) is 23.3 Å². The average Bonchev–Trinajstić information content (AvgIpc) is 1.89. The molecule has 12 rings (SSSR count). The number of nitrogens with one attached hydrogen (secondary N) is 3. The fraction of sp³-hybridized carbons (Fsp3) is 0.206. The lowest BCUT2D eigenvalue weighted by molar-refractivity contribution is 0.0690. The van der Waals surface area contributed by atoms with Gasteiger partial charge in [-0.25, -0.2) is 56.8 Å². The summed E-state index contributed by atoms with van der Waals surface area (Å²) in [5.74, 6) is -0.374. The van der Waals surface area contributed by atoms with Gasteiger partial charge in [0.25, 0.3) is 15.9 Å². The lowest BCUT2D eigenvalue weighted by atomic mass is 9.91. The second-order valence-corrected chi connectivity index (χ2v) is 22.2. The van der Waals surface area contributed by atoms with Gasteiger partial charge in [-0.3, -0.25) is 4.79 Å². The third-order valence-corrected chi connectivity index (χ3v) is 16.1. The second kappa shape index (κ2) is 30.8. The molecule has 0 unspecified atom stereocenters. The number of benzene rings is 4. The minimum Gasteiger partial charge on any atom is -0.477 e. The summed E-state index contributed by atoms with van der Waals surface area (Å²) in [6.07, 6.45) is 16.8. The number of nitrogens with zero attached hydrogens (tertiary/aromatic N) is 10. The van der Waals surface area contributed by atoms with E-state index in [9.17, 15) is 18.0 Å². The van der Waals surface area contributed by atoms with Gasteiger partial charge < -0.3 is 42.8 Å².